The van der Waals surface area contributed by atoms with E-state index in [-0.39, 0.29) is 10.6 Å². The van der Waals surface area contributed by atoms with E-state index in [9.17, 15) is 10.1 Å². The minimum Gasteiger partial charge on any atom is -0.378 e. The maximum Gasteiger partial charge on any atom is 0.269 e. The van der Waals surface area contributed by atoms with Gasteiger partial charge < -0.3 is 9.64 Å². The Morgan fingerprint density at radius 1 is 1.29 bits per heavy atom. The summed E-state index contributed by atoms with van der Waals surface area (Å²) in [5.41, 5.74) is 2.29. The minimum absolute atomic E-state index is 0.172. The molecule has 2 saturated heterocycles. The van der Waals surface area contributed by atoms with E-state index < -0.39 is 0 Å². The number of nitrogens with zero attached hydrogens (tertiary/aromatic N) is 2. The second-order valence-corrected chi connectivity index (χ2v) is 6.10. The van der Waals surface area contributed by atoms with Crippen molar-refractivity contribution in [2.45, 2.75) is 38.7 Å². The Bertz CT molecular complexity index is 518. The summed E-state index contributed by atoms with van der Waals surface area (Å²) in [5, 5.41) is 10.8. The van der Waals surface area contributed by atoms with Crippen LogP contribution in [0.4, 0.5) is 11.4 Å². The highest BCUT2D eigenvalue weighted by Gasteiger charge is 2.29. The zero-order valence-corrected chi connectivity index (χ0v) is 12.5. The smallest absolute Gasteiger partial charge is 0.269 e. The predicted octanol–water partition coefficient (Wildman–Crippen LogP) is 3.30. The number of benzene rings is 1. The van der Waals surface area contributed by atoms with Gasteiger partial charge in [0.05, 0.1) is 11.0 Å². The van der Waals surface area contributed by atoms with Gasteiger partial charge in [-0.3, -0.25) is 10.1 Å². The van der Waals surface area contributed by atoms with Crippen LogP contribution in [0.25, 0.3) is 0 Å². The van der Waals surface area contributed by atoms with Gasteiger partial charge >= 0.3 is 0 Å². The number of nitro groups is 1. The molecule has 0 saturated carbocycles. The van der Waals surface area contributed by atoms with Gasteiger partial charge in [-0.05, 0) is 50.2 Å². The summed E-state index contributed by atoms with van der Waals surface area (Å²) >= 11 is 0. The van der Waals surface area contributed by atoms with Crippen molar-refractivity contribution in [2.75, 3.05) is 24.6 Å². The fraction of sp³-hybridized carbons (Fsp3) is 0.625. The van der Waals surface area contributed by atoms with E-state index in [1.54, 1.807) is 12.1 Å². The molecule has 1 unspecified atom stereocenters. The average Bonchev–Trinajstić information content (AvgIpc) is 3.01. The molecule has 5 nitrogen and oxygen atoms in total. The summed E-state index contributed by atoms with van der Waals surface area (Å²) in [7, 11) is 0. The standard InChI is InChI=1S/C16H22N2O3/c1-12-11-14(18(19)20)4-5-15(12)17-8-6-13(7-9-17)16-3-2-10-21-16/h4-5,11,13,16H,2-3,6-10H2,1H3. The van der Waals surface area contributed by atoms with E-state index in [0.29, 0.717) is 12.0 Å². The maximum absolute atomic E-state index is 10.8. The zero-order valence-electron chi connectivity index (χ0n) is 12.5. The van der Waals surface area contributed by atoms with Crippen molar-refractivity contribution in [1.29, 1.82) is 0 Å². The van der Waals surface area contributed by atoms with E-state index in [1.807, 2.05) is 13.0 Å². The Balaban J connectivity index is 1.65. The van der Waals surface area contributed by atoms with Crippen LogP contribution in [0.3, 0.4) is 0 Å². The summed E-state index contributed by atoms with van der Waals surface area (Å²) < 4.78 is 5.81. The zero-order chi connectivity index (χ0) is 14.8. The van der Waals surface area contributed by atoms with Crippen molar-refractivity contribution < 1.29 is 9.66 Å². The third-order valence-corrected chi connectivity index (χ3v) is 4.76. The van der Waals surface area contributed by atoms with E-state index in [4.69, 9.17) is 4.74 Å². The first-order chi connectivity index (χ1) is 10.1. The van der Waals surface area contributed by atoms with Crippen molar-refractivity contribution in [3.05, 3.63) is 33.9 Å². The van der Waals surface area contributed by atoms with Crippen molar-refractivity contribution >= 4 is 11.4 Å². The van der Waals surface area contributed by atoms with Crippen molar-refractivity contribution in [3.8, 4) is 0 Å². The Hall–Kier alpha value is -1.62. The largest absolute Gasteiger partial charge is 0.378 e. The minimum atomic E-state index is -0.333. The number of aryl methyl sites for hydroxylation is 1. The van der Waals surface area contributed by atoms with Gasteiger partial charge in [-0.25, -0.2) is 0 Å². The Morgan fingerprint density at radius 3 is 2.62 bits per heavy atom. The average molecular weight is 290 g/mol. The van der Waals surface area contributed by atoms with E-state index in [2.05, 4.69) is 4.90 Å². The topological polar surface area (TPSA) is 55.6 Å². The van der Waals surface area contributed by atoms with E-state index in [0.717, 1.165) is 43.8 Å². The molecule has 2 aliphatic heterocycles. The van der Waals surface area contributed by atoms with Crippen LogP contribution in [0.2, 0.25) is 0 Å². The molecule has 2 heterocycles. The molecule has 0 spiro atoms. The lowest BCUT2D eigenvalue weighted by atomic mass is 9.89. The van der Waals surface area contributed by atoms with Crippen LogP contribution >= 0.6 is 0 Å². The molecular formula is C16H22N2O3. The highest BCUT2D eigenvalue weighted by molar-refractivity contribution is 5.57. The monoisotopic (exact) mass is 290 g/mol. The normalized spacial score (nSPS) is 23.5. The number of hydrogen-bond donors (Lipinski definition) is 0. The first-order valence-electron chi connectivity index (χ1n) is 7.77. The fourth-order valence-electron chi connectivity index (χ4n) is 3.59. The Labute approximate surface area is 125 Å². The number of hydrogen-bond acceptors (Lipinski definition) is 4. The Kier molecular flexibility index (Phi) is 4.10. The quantitative estimate of drug-likeness (QED) is 0.633. The van der Waals surface area contributed by atoms with Crippen LogP contribution in [-0.4, -0.2) is 30.7 Å². The number of nitro benzene ring substituents is 1. The lowest BCUT2D eigenvalue weighted by molar-refractivity contribution is -0.384. The molecule has 2 fully saturated rings. The second kappa shape index (κ2) is 6.02. The molecular weight excluding hydrogens is 268 g/mol. The van der Waals surface area contributed by atoms with E-state index in [1.165, 1.54) is 12.8 Å². The number of rotatable bonds is 3. The van der Waals surface area contributed by atoms with Gasteiger partial charge in [-0.15, -0.1) is 0 Å². The first kappa shape index (κ1) is 14.3. The molecule has 5 heteroatoms. The van der Waals surface area contributed by atoms with Gasteiger partial charge in [-0.2, -0.15) is 0 Å². The van der Waals surface area contributed by atoms with E-state index >= 15 is 0 Å². The fourth-order valence-corrected chi connectivity index (χ4v) is 3.59. The lowest BCUT2D eigenvalue weighted by Crippen LogP contribution is -2.38. The summed E-state index contributed by atoms with van der Waals surface area (Å²) in [6.07, 6.45) is 5.18. The molecule has 114 valence electrons. The number of non-ortho nitro benzene ring substituents is 1. The van der Waals surface area contributed by atoms with Crippen molar-refractivity contribution in [3.63, 3.8) is 0 Å². The molecule has 0 amide bonds. The van der Waals surface area contributed by atoms with Crippen LogP contribution in [-0.2, 0) is 4.74 Å². The second-order valence-electron chi connectivity index (χ2n) is 6.10. The van der Waals surface area contributed by atoms with Gasteiger partial charge in [0.25, 0.3) is 5.69 Å². The summed E-state index contributed by atoms with van der Waals surface area (Å²) in [5.74, 6) is 0.683. The molecule has 0 bridgehead atoms. The third-order valence-electron chi connectivity index (χ3n) is 4.76. The van der Waals surface area contributed by atoms with Crippen molar-refractivity contribution in [1.82, 2.24) is 0 Å². The molecule has 2 aliphatic rings. The number of piperidine rings is 1. The first-order valence-corrected chi connectivity index (χ1v) is 7.77. The molecule has 1 aromatic carbocycles. The lowest BCUT2D eigenvalue weighted by Gasteiger charge is -2.36. The molecule has 1 aromatic rings. The van der Waals surface area contributed by atoms with Crippen LogP contribution in [0.1, 0.15) is 31.2 Å². The molecule has 0 radical (unpaired) electrons. The van der Waals surface area contributed by atoms with Gasteiger partial charge in [0, 0.05) is 37.5 Å². The highest BCUT2D eigenvalue weighted by atomic mass is 16.6. The molecule has 1 atom stereocenters. The number of ether oxygens (including phenoxy) is 1. The predicted molar refractivity (Wildman–Crippen MR) is 81.7 cm³/mol. The van der Waals surface area contributed by atoms with Gasteiger partial charge in [0.15, 0.2) is 0 Å². The third kappa shape index (κ3) is 3.02. The van der Waals surface area contributed by atoms with Crippen LogP contribution in [0.15, 0.2) is 18.2 Å². The summed E-state index contributed by atoms with van der Waals surface area (Å²) in [6.45, 7) is 4.91. The Morgan fingerprint density at radius 2 is 2.05 bits per heavy atom. The highest BCUT2D eigenvalue weighted by Crippen LogP contribution is 2.32. The van der Waals surface area contributed by atoms with Gasteiger partial charge in [0.1, 0.15) is 0 Å². The van der Waals surface area contributed by atoms with Crippen molar-refractivity contribution in [2.24, 2.45) is 5.92 Å². The summed E-state index contributed by atoms with van der Waals surface area (Å²) in [6, 6.07) is 5.16. The SMILES string of the molecule is Cc1cc([N+](=O)[O-])ccc1N1CCC(C2CCCO2)CC1. The molecule has 21 heavy (non-hydrogen) atoms. The molecule has 3 rings (SSSR count). The van der Waals surface area contributed by atoms with Crippen LogP contribution in [0, 0.1) is 23.0 Å². The molecule has 0 N–H and O–H groups in total. The van der Waals surface area contributed by atoms with Crippen LogP contribution < -0.4 is 4.90 Å². The van der Waals surface area contributed by atoms with Crippen LogP contribution in [0.5, 0.6) is 0 Å². The van der Waals surface area contributed by atoms with Gasteiger partial charge in [0.2, 0.25) is 0 Å². The van der Waals surface area contributed by atoms with Gasteiger partial charge in [-0.1, -0.05) is 0 Å². The molecule has 0 aromatic heterocycles. The molecule has 0 aliphatic carbocycles. The summed E-state index contributed by atoms with van der Waals surface area (Å²) in [4.78, 5) is 12.8. The number of anilines is 1. The maximum atomic E-state index is 10.8.